The predicted molar refractivity (Wildman–Crippen MR) is 127 cm³/mol. The molecule has 1 amide bonds. The van der Waals surface area contributed by atoms with Gasteiger partial charge in [-0.15, -0.1) is 11.3 Å². The SMILES string of the molecule is CC(C)OC(=O)Nc1ccc(-c2cnc([C@@H]3CCCCN3)s2)c(S(=O)(=O)NC(C)(C)C)c1. The van der Waals surface area contributed by atoms with Gasteiger partial charge in [-0.2, -0.15) is 0 Å². The first-order valence-electron chi connectivity index (χ1n) is 10.8. The van der Waals surface area contributed by atoms with E-state index < -0.39 is 21.7 Å². The maximum Gasteiger partial charge on any atom is 0.411 e. The van der Waals surface area contributed by atoms with E-state index in [-0.39, 0.29) is 17.0 Å². The number of nitrogens with zero attached hydrogens (tertiary/aromatic N) is 1. The summed E-state index contributed by atoms with van der Waals surface area (Å²) in [5.74, 6) is 0. The second-order valence-electron chi connectivity index (χ2n) is 9.21. The highest BCUT2D eigenvalue weighted by molar-refractivity contribution is 7.89. The molecule has 1 atom stereocenters. The summed E-state index contributed by atoms with van der Waals surface area (Å²) >= 11 is 1.49. The first-order valence-corrected chi connectivity index (χ1v) is 13.1. The van der Waals surface area contributed by atoms with Crippen molar-refractivity contribution in [2.24, 2.45) is 0 Å². The molecule has 3 rings (SSSR count). The summed E-state index contributed by atoms with van der Waals surface area (Å²) in [6.07, 6.45) is 4.12. The summed E-state index contributed by atoms with van der Waals surface area (Å²) in [6, 6.07) is 5.03. The van der Waals surface area contributed by atoms with Crippen molar-refractivity contribution in [3.8, 4) is 10.4 Å². The number of piperidine rings is 1. The van der Waals surface area contributed by atoms with Gasteiger partial charge in [-0.1, -0.05) is 12.5 Å². The van der Waals surface area contributed by atoms with Crippen LogP contribution in [0.2, 0.25) is 0 Å². The number of sulfonamides is 1. The number of benzene rings is 1. The fraction of sp³-hybridized carbons (Fsp3) is 0.545. The average molecular weight is 481 g/mol. The number of carbonyl (C=O) groups excluding carboxylic acids is 1. The summed E-state index contributed by atoms with van der Waals surface area (Å²) in [6.45, 7) is 9.80. The number of amides is 1. The van der Waals surface area contributed by atoms with E-state index in [4.69, 9.17) is 4.74 Å². The largest absolute Gasteiger partial charge is 0.447 e. The Morgan fingerprint density at radius 2 is 2.03 bits per heavy atom. The van der Waals surface area contributed by atoms with E-state index in [1.807, 2.05) is 0 Å². The number of rotatable bonds is 6. The molecule has 2 heterocycles. The maximum absolute atomic E-state index is 13.3. The summed E-state index contributed by atoms with van der Waals surface area (Å²) < 4.78 is 34.4. The van der Waals surface area contributed by atoms with Crippen molar-refractivity contribution in [2.75, 3.05) is 11.9 Å². The van der Waals surface area contributed by atoms with Crippen LogP contribution in [0.5, 0.6) is 0 Å². The Balaban J connectivity index is 1.99. The zero-order valence-electron chi connectivity index (χ0n) is 19.2. The molecule has 10 heteroatoms. The van der Waals surface area contributed by atoms with Crippen LogP contribution in [0, 0.1) is 0 Å². The normalized spacial score (nSPS) is 17.4. The molecule has 1 fully saturated rings. The number of hydrogen-bond donors (Lipinski definition) is 3. The van der Waals surface area contributed by atoms with Crippen molar-refractivity contribution in [3.05, 3.63) is 29.4 Å². The smallest absolute Gasteiger partial charge is 0.411 e. The molecule has 0 bridgehead atoms. The lowest BCUT2D eigenvalue weighted by atomic mass is 10.1. The molecule has 1 saturated heterocycles. The minimum Gasteiger partial charge on any atom is -0.447 e. The molecule has 2 aromatic rings. The number of anilines is 1. The maximum atomic E-state index is 13.3. The van der Waals surface area contributed by atoms with E-state index in [9.17, 15) is 13.2 Å². The van der Waals surface area contributed by atoms with Crippen molar-refractivity contribution in [1.82, 2.24) is 15.0 Å². The minimum absolute atomic E-state index is 0.0848. The van der Waals surface area contributed by atoms with Crippen LogP contribution < -0.4 is 15.4 Å². The van der Waals surface area contributed by atoms with Gasteiger partial charge in [0.1, 0.15) is 5.01 Å². The van der Waals surface area contributed by atoms with Gasteiger partial charge in [-0.25, -0.2) is 22.9 Å². The van der Waals surface area contributed by atoms with Crippen molar-refractivity contribution < 1.29 is 17.9 Å². The van der Waals surface area contributed by atoms with Gasteiger partial charge in [0.15, 0.2) is 0 Å². The van der Waals surface area contributed by atoms with Crippen molar-refractivity contribution in [2.45, 2.75) is 76.5 Å². The molecule has 0 radical (unpaired) electrons. The molecule has 0 saturated carbocycles. The molecule has 8 nitrogen and oxygen atoms in total. The molecule has 3 N–H and O–H groups in total. The zero-order chi connectivity index (χ0) is 23.5. The van der Waals surface area contributed by atoms with Gasteiger partial charge >= 0.3 is 6.09 Å². The molecular formula is C22H32N4O4S2. The summed E-state index contributed by atoms with van der Waals surface area (Å²) in [7, 11) is -3.87. The average Bonchev–Trinajstić information content (AvgIpc) is 3.16. The van der Waals surface area contributed by atoms with Crippen LogP contribution in [0.1, 0.15) is 64.9 Å². The Kier molecular flexibility index (Phi) is 7.59. The molecule has 1 aromatic carbocycles. The van der Waals surface area contributed by atoms with Crippen molar-refractivity contribution in [3.63, 3.8) is 0 Å². The summed E-state index contributed by atoms with van der Waals surface area (Å²) in [5.41, 5.74) is 0.220. The molecular weight excluding hydrogens is 448 g/mol. The van der Waals surface area contributed by atoms with Crippen LogP contribution in [0.4, 0.5) is 10.5 Å². The van der Waals surface area contributed by atoms with Crippen LogP contribution in [0.25, 0.3) is 10.4 Å². The van der Waals surface area contributed by atoms with E-state index in [1.165, 1.54) is 17.4 Å². The Morgan fingerprint density at radius 1 is 1.28 bits per heavy atom. The number of nitrogens with one attached hydrogen (secondary N) is 3. The zero-order valence-corrected chi connectivity index (χ0v) is 20.8. The van der Waals surface area contributed by atoms with Crippen LogP contribution in [-0.4, -0.2) is 37.7 Å². The lowest BCUT2D eigenvalue weighted by Crippen LogP contribution is -2.40. The van der Waals surface area contributed by atoms with E-state index in [1.54, 1.807) is 52.9 Å². The molecule has 32 heavy (non-hydrogen) atoms. The highest BCUT2D eigenvalue weighted by Crippen LogP contribution is 2.37. The van der Waals surface area contributed by atoms with Gasteiger partial charge in [-0.05, 0) is 66.1 Å². The molecule has 0 aliphatic carbocycles. The van der Waals surface area contributed by atoms with E-state index >= 15 is 0 Å². The van der Waals surface area contributed by atoms with Crippen LogP contribution in [0.15, 0.2) is 29.3 Å². The fourth-order valence-electron chi connectivity index (χ4n) is 3.48. The van der Waals surface area contributed by atoms with Crippen LogP contribution >= 0.6 is 11.3 Å². The lowest BCUT2D eigenvalue weighted by molar-refractivity contribution is 0.130. The number of aromatic nitrogens is 1. The number of ether oxygens (including phenoxy) is 1. The monoisotopic (exact) mass is 480 g/mol. The van der Waals surface area contributed by atoms with Crippen LogP contribution in [-0.2, 0) is 14.8 Å². The van der Waals surface area contributed by atoms with Gasteiger partial charge in [0.2, 0.25) is 10.0 Å². The van der Waals surface area contributed by atoms with Gasteiger partial charge in [-0.3, -0.25) is 5.32 Å². The Bertz CT molecular complexity index is 1050. The Morgan fingerprint density at radius 3 is 2.66 bits per heavy atom. The summed E-state index contributed by atoms with van der Waals surface area (Å²) in [4.78, 5) is 17.4. The highest BCUT2D eigenvalue weighted by atomic mass is 32.2. The Hall–Kier alpha value is -2.01. The van der Waals surface area contributed by atoms with Gasteiger partial charge in [0, 0.05) is 23.0 Å². The van der Waals surface area contributed by atoms with E-state index in [0.29, 0.717) is 11.3 Å². The van der Waals surface area contributed by atoms with Crippen molar-refractivity contribution >= 4 is 33.1 Å². The van der Waals surface area contributed by atoms with E-state index in [2.05, 4.69) is 20.3 Å². The lowest BCUT2D eigenvalue weighted by Gasteiger charge is -2.22. The first-order chi connectivity index (χ1) is 14.9. The molecule has 1 aliphatic heterocycles. The van der Waals surface area contributed by atoms with Crippen molar-refractivity contribution in [1.29, 1.82) is 0 Å². The highest BCUT2D eigenvalue weighted by Gasteiger charge is 2.27. The minimum atomic E-state index is -3.87. The standard InChI is InChI=1S/C22H32N4O4S2/c1-14(2)30-21(27)25-15-9-10-16(19(12-15)32(28,29)26-22(3,4)5)18-13-24-20(31-18)17-8-6-7-11-23-17/h9-10,12-14,17,23,26H,6-8,11H2,1-5H3,(H,25,27)/t17-/m0/s1. The van der Waals surface area contributed by atoms with Crippen LogP contribution in [0.3, 0.4) is 0 Å². The Labute approximate surface area is 194 Å². The second kappa shape index (κ2) is 9.86. The third-order valence-electron chi connectivity index (χ3n) is 4.70. The van der Waals surface area contributed by atoms with Gasteiger partial charge < -0.3 is 10.1 Å². The van der Waals surface area contributed by atoms with Gasteiger partial charge in [0.05, 0.1) is 21.9 Å². The molecule has 0 unspecified atom stereocenters. The number of carbonyl (C=O) groups is 1. The van der Waals surface area contributed by atoms with E-state index in [0.717, 1.165) is 35.7 Å². The quantitative estimate of drug-likeness (QED) is 0.555. The number of hydrogen-bond acceptors (Lipinski definition) is 7. The summed E-state index contributed by atoms with van der Waals surface area (Å²) in [5, 5.41) is 7.04. The first kappa shape index (κ1) is 24.6. The molecule has 1 aromatic heterocycles. The second-order valence-corrected chi connectivity index (χ2v) is 11.9. The fourth-order valence-corrected chi connectivity index (χ4v) is 6.28. The molecule has 1 aliphatic rings. The number of thiazole rings is 1. The molecule has 176 valence electrons. The molecule has 0 spiro atoms. The topological polar surface area (TPSA) is 109 Å². The third kappa shape index (κ3) is 6.50. The van der Waals surface area contributed by atoms with Gasteiger partial charge in [0.25, 0.3) is 0 Å². The third-order valence-corrected chi connectivity index (χ3v) is 7.64. The predicted octanol–water partition coefficient (Wildman–Crippen LogP) is 4.66.